The van der Waals surface area contributed by atoms with Gasteiger partial charge in [0.1, 0.15) is 6.07 Å². The van der Waals surface area contributed by atoms with E-state index in [1.807, 2.05) is 0 Å². The van der Waals surface area contributed by atoms with Crippen LogP contribution in [-0.2, 0) is 23.5 Å². The molecule has 0 bridgehead atoms. The molecule has 7 heteroatoms. The topological polar surface area (TPSA) is 52.9 Å². The fourth-order valence-corrected chi connectivity index (χ4v) is 2.48. The van der Waals surface area contributed by atoms with Gasteiger partial charge in [-0.15, -0.1) is 0 Å². The van der Waals surface area contributed by atoms with Crippen molar-refractivity contribution in [1.82, 2.24) is 0 Å². The van der Waals surface area contributed by atoms with Gasteiger partial charge in [0, 0.05) is 28.5 Å². The molecule has 0 saturated heterocycles. The van der Waals surface area contributed by atoms with Crippen LogP contribution in [0.25, 0.3) is 0 Å². The molecule has 0 aliphatic heterocycles. The summed E-state index contributed by atoms with van der Waals surface area (Å²) in [5.41, 5.74) is 0.284. The molecule has 0 aliphatic rings. The number of halogens is 3. The smallest absolute Gasteiger partial charge is 0.380 e. The van der Waals surface area contributed by atoms with Crippen molar-refractivity contribution in [3.05, 3.63) is 59.2 Å². The van der Waals surface area contributed by atoms with Crippen molar-refractivity contribution in [3.8, 4) is 6.07 Å². The van der Waals surface area contributed by atoms with Gasteiger partial charge >= 0.3 is 6.18 Å². The van der Waals surface area contributed by atoms with Crippen LogP contribution >= 0.6 is 0 Å². The van der Waals surface area contributed by atoms with Gasteiger partial charge in [-0.1, -0.05) is 12.1 Å². The minimum atomic E-state index is -4.48. The van der Waals surface area contributed by atoms with Gasteiger partial charge in [0.2, 0.25) is 0 Å². The first kappa shape index (κ1) is 17.0. The van der Waals surface area contributed by atoms with Crippen LogP contribution in [0.2, 0.25) is 0 Å². The number of hydrogen-bond donors (Lipinski definition) is 1. The number of hydrogen-bond acceptors (Lipinski definition) is 3. The first-order valence-electron chi connectivity index (χ1n) is 6.59. The Kier molecular flexibility index (Phi) is 5.06. The molecule has 23 heavy (non-hydrogen) atoms. The van der Waals surface area contributed by atoms with Crippen molar-refractivity contribution >= 4 is 16.5 Å². The van der Waals surface area contributed by atoms with Crippen LogP contribution in [-0.4, -0.2) is 10.5 Å². The molecule has 0 aliphatic carbocycles. The van der Waals surface area contributed by atoms with Crippen LogP contribution in [0, 0.1) is 11.3 Å². The van der Waals surface area contributed by atoms with Crippen molar-refractivity contribution in [2.24, 2.45) is 0 Å². The molecule has 1 atom stereocenters. The zero-order chi connectivity index (χ0) is 17.0. The van der Waals surface area contributed by atoms with Crippen molar-refractivity contribution in [1.29, 1.82) is 5.26 Å². The number of nitriles is 1. The Morgan fingerprint density at radius 1 is 1.17 bits per heavy atom. The third-order valence-electron chi connectivity index (χ3n) is 3.21. The number of nitrogens with one attached hydrogen (secondary N) is 1. The van der Waals surface area contributed by atoms with E-state index in [-0.39, 0.29) is 5.56 Å². The lowest BCUT2D eigenvalue weighted by Crippen LogP contribution is -2.07. The van der Waals surface area contributed by atoms with Crippen molar-refractivity contribution in [2.75, 3.05) is 11.6 Å². The van der Waals surface area contributed by atoms with Crippen LogP contribution in [0.1, 0.15) is 16.7 Å². The van der Waals surface area contributed by atoms with Crippen molar-refractivity contribution < 1.29 is 17.4 Å². The maximum atomic E-state index is 12.6. The summed E-state index contributed by atoms with van der Waals surface area (Å²) in [4.78, 5) is 0.695. The first-order chi connectivity index (χ1) is 10.8. The molecule has 0 saturated carbocycles. The Balaban J connectivity index is 2.14. The average Bonchev–Trinajstić information content (AvgIpc) is 2.52. The molecule has 0 spiro atoms. The Labute approximate surface area is 134 Å². The highest BCUT2D eigenvalue weighted by Crippen LogP contribution is 2.31. The molecule has 0 amide bonds. The Morgan fingerprint density at radius 2 is 1.83 bits per heavy atom. The maximum absolute atomic E-state index is 12.6. The molecule has 0 aromatic heterocycles. The summed E-state index contributed by atoms with van der Waals surface area (Å²) in [5.74, 6) is 0. The summed E-state index contributed by atoms with van der Waals surface area (Å²) in [6.07, 6.45) is -2.90. The average molecular weight is 338 g/mol. The molecule has 0 heterocycles. The fourth-order valence-electron chi connectivity index (χ4n) is 1.96. The summed E-state index contributed by atoms with van der Waals surface area (Å²) in [6.45, 7) is 0.344. The molecule has 1 N–H and O–H groups in total. The van der Waals surface area contributed by atoms with Gasteiger partial charge < -0.3 is 5.32 Å². The van der Waals surface area contributed by atoms with Crippen LogP contribution in [0.15, 0.2) is 47.4 Å². The second-order valence-electron chi connectivity index (χ2n) is 4.82. The largest absolute Gasteiger partial charge is 0.416 e. The van der Waals surface area contributed by atoms with Gasteiger partial charge in [0.05, 0.1) is 16.8 Å². The summed E-state index contributed by atoms with van der Waals surface area (Å²) in [5, 5.41) is 12.0. The van der Waals surface area contributed by atoms with Crippen LogP contribution in [0.4, 0.5) is 18.9 Å². The van der Waals surface area contributed by atoms with E-state index in [1.165, 1.54) is 6.07 Å². The Bertz CT molecular complexity index is 764. The Morgan fingerprint density at radius 3 is 2.35 bits per heavy atom. The molecule has 0 fully saturated rings. The van der Waals surface area contributed by atoms with E-state index in [4.69, 9.17) is 5.26 Å². The number of benzene rings is 2. The highest BCUT2D eigenvalue weighted by Gasteiger charge is 2.31. The minimum absolute atomic E-state index is 0.0638. The van der Waals surface area contributed by atoms with E-state index in [9.17, 15) is 17.4 Å². The van der Waals surface area contributed by atoms with Crippen molar-refractivity contribution in [2.45, 2.75) is 17.6 Å². The number of rotatable bonds is 4. The second-order valence-corrected chi connectivity index (χ2v) is 6.20. The van der Waals surface area contributed by atoms with E-state index >= 15 is 0 Å². The van der Waals surface area contributed by atoms with E-state index in [2.05, 4.69) is 5.32 Å². The molecular formula is C16H13F3N2OS. The molecule has 0 unspecified atom stereocenters. The van der Waals surface area contributed by atoms with Gasteiger partial charge in [-0.05, 0) is 35.9 Å². The number of anilines is 1. The van der Waals surface area contributed by atoms with E-state index in [1.54, 1.807) is 36.6 Å². The first-order valence-corrected chi connectivity index (χ1v) is 8.14. The normalized spacial score (nSPS) is 12.5. The summed E-state index contributed by atoms with van der Waals surface area (Å²) < 4.78 is 49.2. The van der Waals surface area contributed by atoms with E-state index in [0.29, 0.717) is 17.1 Å². The molecule has 2 aromatic carbocycles. The highest BCUT2D eigenvalue weighted by molar-refractivity contribution is 7.84. The Hall–Kier alpha value is -2.33. The summed E-state index contributed by atoms with van der Waals surface area (Å²) >= 11 is 0. The third-order valence-corrected chi connectivity index (χ3v) is 4.14. The van der Waals surface area contributed by atoms with Gasteiger partial charge in [0.25, 0.3) is 0 Å². The molecule has 2 rings (SSSR count). The molecule has 0 radical (unpaired) electrons. The zero-order valence-corrected chi connectivity index (χ0v) is 13.0. The predicted octanol–water partition coefficient (Wildman–Crippen LogP) is 3.93. The lowest BCUT2D eigenvalue weighted by molar-refractivity contribution is -0.137. The second kappa shape index (κ2) is 6.84. The lowest BCUT2D eigenvalue weighted by atomic mass is 10.1. The minimum Gasteiger partial charge on any atom is -0.380 e. The lowest BCUT2D eigenvalue weighted by Gasteiger charge is -2.12. The molecule has 3 nitrogen and oxygen atoms in total. The third kappa shape index (κ3) is 4.33. The van der Waals surface area contributed by atoms with E-state index < -0.39 is 22.5 Å². The highest BCUT2D eigenvalue weighted by atomic mass is 32.2. The van der Waals surface area contributed by atoms with Gasteiger partial charge in [-0.25, -0.2) is 0 Å². The van der Waals surface area contributed by atoms with Crippen LogP contribution < -0.4 is 5.32 Å². The molecule has 120 valence electrons. The van der Waals surface area contributed by atoms with Gasteiger partial charge in [-0.2, -0.15) is 18.4 Å². The SMILES string of the molecule is C[S@](=O)c1ccc(CNc2ccc(C(F)(F)F)cc2C#N)cc1. The van der Waals surface area contributed by atoms with Gasteiger partial charge in [-0.3, -0.25) is 4.21 Å². The summed E-state index contributed by atoms with van der Waals surface area (Å²) in [6, 6.07) is 11.8. The zero-order valence-electron chi connectivity index (χ0n) is 12.1. The van der Waals surface area contributed by atoms with Crippen LogP contribution in [0.3, 0.4) is 0 Å². The fraction of sp³-hybridized carbons (Fsp3) is 0.188. The number of alkyl halides is 3. The number of nitrogens with zero attached hydrogens (tertiary/aromatic N) is 1. The van der Waals surface area contributed by atoms with Crippen molar-refractivity contribution in [3.63, 3.8) is 0 Å². The predicted molar refractivity (Wildman–Crippen MR) is 82.3 cm³/mol. The van der Waals surface area contributed by atoms with E-state index in [0.717, 1.165) is 17.7 Å². The standard InChI is InChI=1S/C16H13F3N2OS/c1-23(22)14-5-2-11(3-6-14)10-21-15-7-4-13(16(17,18)19)8-12(15)9-20/h2-8,21H,10H2,1H3/t23-/m0/s1. The van der Waals surface area contributed by atoms with Gasteiger partial charge in [0.15, 0.2) is 0 Å². The van der Waals surface area contributed by atoms with Crippen LogP contribution in [0.5, 0.6) is 0 Å². The monoisotopic (exact) mass is 338 g/mol. The maximum Gasteiger partial charge on any atom is 0.416 e. The molecular weight excluding hydrogens is 325 g/mol. The quantitative estimate of drug-likeness (QED) is 0.919. The molecule has 2 aromatic rings. The summed E-state index contributed by atoms with van der Waals surface area (Å²) in [7, 11) is -1.06.